The molecular formula is C34H23N6PPtS2. The third kappa shape index (κ3) is 6.69. The molecule has 0 aliphatic rings. The van der Waals surface area contributed by atoms with Gasteiger partial charge in [-0.15, -0.1) is 22.7 Å². The second-order valence-electron chi connectivity index (χ2n) is 9.40. The summed E-state index contributed by atoms with van der Waals surface area (Å²) in [4.78, 5) is 10.2. The van der Waals surface area contributed by atoms with Crippen LogP contribution in [0.4, 0.5) is 22.7 Å². The van der Waals surface area contributed by atoms with Crippen LogP contribution in [0.5, 0.6) is 0 Å². The Morgan fingerprint density at radius 2 is 0.841 bits per heavy atom. The molecule has 0 atom stereocenters. The van der Waals surface area contributed by atoms with E-state index in [2.05, 4.69) is 24.3 Å². The minimum absolute atomic E-state index is 0. The number of aromatic nitrogens is 4. The molecule has 216 valence electrons. The SMILES string of the molecule is [Pt+2].c1ccc([N-]c2ccccc2-c2nsc(P(c3ccccc3)c3nc(-c4ccccc4[N-]c4ccccc4)ns3)n2)cc1. The van der Waals surface area contributed by atoms with E-state index in [1.165, 1.54) is 23.1 Å². The first-order valence-electron chi connectivity index (χ1n) is 13.6. The van der Waals surface area contributed by atoms with Crippen molar-refractivity contribution in [3.63, 3.8) is 0 Å². The maximum absolute atomic E-state index is 5.09. The van der Waals surface area contributed by atoms with Gasteiger partial charge in [-0.05, 0) is 28.4 Å². The fraction of sp³-hybridized carbons (Fsp3) is 0. The average Bonchev–Trinajstić information content (AvgIpc) is 3.75. The van der Waals surface area contributed by atoms with Gasteiger partial charge in [-0.25, -0.2) is 9.97 Å². The molecule has 7 aromatic rings. The molecule has 0 bridgehead atoms. The molecule has 2 heterocycles. The van der Waals surface area contributed by atoms with E-state index in [0.29, 0.717) is 11.6 Å². The Balaban J connectivity index is 0.00000343. The monoisotopic (exact) mass is 805 g/mol. The molecule has 5 aromatic carbocycles. The maximum Gasteiger partial charge on any atom is 2.00 e. The number of benzene rings is 5. The van der Waals surface area contributed by atoms with Crippen molar-refractivity contribution in [3.8, 4) is 22.8 Å². The predicted molar refractivity (Wildman–Crippen MR) is 181 cm³/mol. The zero-order chi connectivity index (χ0) is 28.8. The Labute approximate surface area is 279 Å². The van der Waals surface area contributed by atoms with E-state index in [4.69, 9.17) is 29.3 Å². The Hall–Kier alpha value is -4.06. The third-order valence-corrected chi connectivity index (χ3v) is 10.9. The zero-order valence-electron chi connectivity index (χ0n) is 23.0. The molecule has 10 heteroatoms. The first-order valence-corrected chi connectivity index (χ1v) is 16.5. The van der Waals surface area contributed by atoms with Gasteiger partial charge in [0.15, 0.2) is 11.6 Å². The minimum Gasteiger partial charge on any atom is -0.657 e. The van der Waals surface area contributed by atoms with Crippen LogP contribution in [0.2, 0.25) is 0 Å². The first kappa shape index (κ1) is 30.0. The Kier molecular flexibility index (Phi) is 9.64. The minimum atomic E-state index is -1.07. The summed E-state index contributed by atoms with van der Waals surface area (Å²) in [6, 6.07) is 46.3. The fourth-order valence-corrected chi connectivity index (χ4v) is 9.07. The van der Waals surface area contributed by atoms with E-state index in [1.54, 1.807) is 0 Å². The summed E-state index contributed by atoms with van der Waals surface area (Å²) < 4.78 is 11.5. The van der Waals surface area contributed by atoms with Crippen LogP contribution >= 0.6 is 31.0 Å². The van der Waals surface area contributed by atoms with Crippen molar-refractivity contribution in [2.75, 3.05) is 0 Å². The Bertz CT molecular complexity index is 1830. The van der Waals surface area contributed by atoms with Crippen molar-refractivity contribution in [2.24, 2.45) is 0 Å². The molecule has 0 N–H and O–H groups in total. The molecule has 6 nitrogen and oxygen atoms in total. The average molecular weight is 806 g/mol. The number of para-hydroxylation sites is 4. The van der Waals surface area contributed by atoms with Crippen molar-refractivity contribution < 1.29 is 21.1 Å². The second kappa shape index (κ2) is 14.1. The van der Waals surface area contributed by atoms with Crippen molar-refractivity contribution in [1.82, 2.24) is 18.7 Å². The fourth-order valence-electron chi connectivity index (χ4n) is 4.51. The zero-order valence-corrected chi connectivity index (χ0v) is 27.8. The van der Waals surface area contributed by atoms with Gasteiger partial charge in [0.2, 0.25) is 0 Å². The van der Waals surface area contributed by atoms with Gasteiger partial charge in [-0.1, -0.05) is 140 Å². The van der Waals surface area contributed by atoms with Gasteiger partial charge in [-0.3, -0.25) is 0 Å². The molecule has 0 saturated carbocycles. The molecule has 2 aromatic heterocycles. The van der Waals surface area contributed by atoms with E-state index in [0.717, 1.165) is 48.7 Å². The largest absolute Gasteiger partial charge is 2.00 e. The molecule has 0 fully saturated rings. The van der Waals surface area contributed by atoms with Crippen LogP contribution in [0.15, 0.2) is 140 Å². The Morgan fingerprint density at radius 1 is 0.455 bits per heavy atom. The summed E-state index contributed by atoms with van der Waals surface area (Å²) >= 11 is 2.83. The number of hydrogen-bond acceptors (Lipinski definition) is 6. The van der Waals surface area contributed by atoms with Gasteiger partial charge < -0.3 is 10.6 Å². The molecule has 0 amide bonds. The molecule has 0 unspecified atom stereocenters. The predicted octanol–water partition coefficient (Wildman–Crippen LogP) is 9.15. The van der Waals surface area contributed by atoms with Crippen LogP contribution in [0.1, 0.15) is 0 Å². The van der Waals surface area contributed by atoms with Gasteiger partial charge in [0.1, 0.15) is 9.50 Å². The van der Waals surface area contributed by atoms with Crippen molar-refractivity contribution in [1.29, 1.82) is 0 Å². The quantitative estimate of drug-likeness (QED) is 0.136. The Morgan fingerprint density at radius 3 is 1.30 bits per heavy atom. The van der Waals surface area contributed by atoms with Crippen molar-refractivity contribution >= 4 is 68.5 Å². The van der Waals surface area contributed by atoms with Crippen LogP contribution in [-0.2, 0) is 21.1 Å². The smallest absolute Gasteiger partial charge is 0.657 e. The van der Waals surface area contributed by atoms with E-state index in [-0.39, 0.29) is 21.1 Å². The molecule has 0 radical (unpaired) electrons. The summed E-state index contributed by atoms with van der Waals surface area (Å²) in [5.74, 6) is 1.32. The normalized spacial score (nSPS) is 10.8. The summed E-state index contributed by atoms with van der Waals surface area (Å²) in [6.45, 7) is 0. The van der Waals surface area contributed by atoms with E-state index in [9.17, 15) is 0 Å². The van der Waals surface area contributed by atoms with Crippen LogP contribution in [0, 0.1) is 0 Å². The number of hydrogen-bond donors (Lipinski definition) is 0. The molecule has 44 heavy (non-hydrogen) atoms. The van der Waals surface area contributed by atoms with Crippen LogP contribution in [-0.4, -0.2) is 18.7 Å². The number of rotatable bonds is 9. The van der Waals surface area contributed by atoms with Crippen LogP contribution in [0.25, 0.3) is 33.4 Å². The van der Waals surface area contributed by atoms with Gasteiger partial charge in [0, 0.05) is 11.1 Å². The van der Waals surface area contributed by atoms with E-state index >= 15 is 0 Å². The molecule has 0 aliphatic carbocycles. The standard InChI is InChI=1S/C34H23N6PS2.Pt/c1-4-14-24(15-5-1)35-29-22-12-10-20-27(29)31-37-33(42-39-31)41(26-18-8-3-9-19-26)34-38-32(40-43-34)28-21-11-13-23-30(28)36-25-16-6-2-7-17-25;/h1-23H;/q-2;+2. The topological polar surface area (TPSA) is 79.8 Å². The summed E-state index contributed by atoms with van der Waals surface area (Å²) in [6.07, 6.45) is 0. The van der Waals surface area contributed by atoms with Gasteiger partial charge in [0.25, 0.3) is 0 Å². The molecule has 0 saturated heterocycles. The summed E-state index contributed by atoms with van der Waals surface area (Å²) in [5, 5.41) is 10.9. The third-order valence-electron chi connectivity index (χ3n) is 6.53. The van der Waals surface area contributed by atoms with Crippen molar-refractivity contribution in [3.05, 3.63) is 150 Å². The van der Waals surface area contributed by atoms with Gasteiger partial charge in [0.05, 0.1) is 7.92 Å². The first-order chi connectivity index (χ1) is 21.3. The van der Waals surface area contributed by atoms with E-state index in [1.807, 2.05) is 115 Å². The van der Waals surface area contributed by atoms with Crippen molar-refractivity contribution in [2.45, 2.75) is 0 Å². The van der Waals surface area contributed by atoms with E-state index < -0.39 is 7.92 Å². The van der Waals surface area contributed by atoms with Gasteiger partial charge in [-0.2, -0.15) is 8.75 Å². The van der Waals surface area contributed by atoms with Crippen LogP contribution < -0.4 is 14.8 Å². The molecule has 7 rings (SSSR count). The van der Waals surface area contributed by atoms with Gasteiger partial charge >= 0.3 is 21.1 Å². The molecule has 0 aliphatic heterocycles. The summed E-state index contributed by atoms with van der Waals surface area (Å²) in [5.41, 5.74) is 5.23. The summed E-state index contributed by atoms with van der Waals surface area (Å²) in [7, 11) is -1.07. The van der Waals surface area contributed by atoms with Crippen LogP contribution in [0.3, 0.4) is 0 Å². The molecular weight excluding hydrogens is 783 g/mol. The molecule has 0 spiro atoms. The maximum atomic E-state index is 5.09. The number of nitrogens with zero attached hydrogens (tertiary/aromatic N) is 6. The second-order valence-corrected chi connectivity index (χ2v) is 13.5.